The first-order chi connectivity index (χ1) is 14.5. The lowest BCUT2D eigenvalue weighted by Crippen LogP contribution is -2.41. The van der Waals surface area contributed by atoms with Gasteiger partial charge in [0.1, 0.15) is 17.2 Å². The van der Waals surface area contributed by atoms with Crippen LogP contribution in [0.15, 0.2) is 42.5 Å². The molecule has 6 nitrogen and oxygen atoms in total. The van der Waals surface area contributed by atoms with Crippen LogP contribution in [0, 0.1) is 12.7 Å². The summed E-state index contributed by atoms with van der Waals surface area (Å²) in [5.41, 5.74) is 1.58. The Morgan fingerprint density at radius 2 is 1.97 bits per heavy atom. The van der Waals surface area contributed by atoms with E-state index in [4.69, 9.17) is 4.74 Å². The number of hydrogen-bond donors (Lipinski definition) is 1. The van der Waals surface area contributed by atoms with E-state index in [1.807, 2.05) is 39.0 Å². The molecule has 0 radical (unpaired) electrons. The molecule has 0 aliphatic carbocycles. The smallest absolute Gasteiger partial charge is 0.232 e. The minimum Gasteiger partial charge on any atom is -0.487 e. The van der Waals surface area contributed by atoms with Gasteiger partial charge in [-0.2, -0.15) is 0 Å². The highest BCUT2D eigenvalue weighted by Crippen LogP contribution is 2.39. The van der Waals surface area contributed by atoms with Gasteiger partial charge in [-0.1, -0.05) is 24.3 Å². The number of fused-ring (bicyclic) bond motifs is 1. The molecule has 2 aromatic rings. The molecule has 0 fully saturated rings. The molecule has 168 valence electrons. The van der Waals surface area contributed by atoms with E-state index in [0.29, 0.717) is 6.42 Å². The fourth-order valence-corrected chi connectivity index (χ4v) is 4.82. The second kappa shape index (κ2) is 8.86. The Morgan fingerprint density at radius 3 is 2.65 bits per heavy atom. The molecule has 31 heavy (non-hydrogen) atoms. The number of halogens is 1. The highest BCUT2D eigenvalue weighted by Gasteiger charge is 2.34. The van der Waals surface area contributed by atoms with Crippen LogP contribution in [0.4, 0.5) is 10.1 Å². The maximum absolute atomic E-state index is 14.1. The molecule has 8 heteroatoms. The SMILES string of the molecule is Cc1ccc2c(c1)OC(C)(C)C[C@H]2NC(=O)CCCN(c1ccccc1F)S(C)(=O)=O. The first-order valence-electron chi connectivity index (χ1n) is 10.3. The number of aryl methyl sites for hydroxylation is 1. The van der Waals surface area contributed by atoms with E-state index in [-0.39, 0.29) is 37.0 Å². The van der Waals surface area contributed by atoms with Crippen molar-refractivity contribution in [1.29, 1.82) is 0 Å². The van der Waals surface area contributed by atoms with E-state index < -0.39 is 21.4 Å². The van der Waals surface area contributed by atoms with E-state index in [1.165, 1.54) is 18.2 Å². The Labute approximate surface area is 183 Å². The number of benzene rings is 2. The van der Waals surface area contributed by atoms with E-state index in [2.05, 4.69) is 5.32 Å². The Bertz CT molecular complexity index is 1070. The molecule has 0 unspecified atom stereocenters. The number of carbonyl (C=O) groups is 1. The molecule has 0 aromatic heterocycles. The summed E-state index contributed by atoms with van der Waals surface area (Å²) in [7, 11) is -3.68. The summed E-state index contributed by atoms with van der Waals surface area (Å²) in [6.07, 6.45) is 2.04. The van der Waals surface area contributed by atoms with Crippen molar-refractivity contribution in [1.82, 2.24) is 5.32 Å². The van der Waals surface area contributed by atoms with Crippen molar-refractivity contribution in [2.24, 2.45) is 0 Å². The third kappa shape index (κ3) is 5.76. The van der Waals surface area contributed by atoms with Crippen molar-refractivity contribution in [2.75, 3.05) is 17.1 Å². The summed E-state index contributed by atoms with van der Waals surface area (Å²) in [4.78, 5) is 12.6. The van der Waals surface area contributed by atoms with Crippen LogP contribution in [0.2, 0.25) is 0 Å². The minimum atomic E-state index is -3.68. The number of rotatable bonds is 7. The molecule has 0 bridgehead atoms. The summed E-state index contributed by atoms with van der Waals surface area (Å²) >= 11 is 0. The maximum Gasteiger partial charge on any atom is 0.232 e. The highest BCUT2D eigenvalue weighted by atomic mass is 32.2. The number of anilines is 1. The molecular weight excluding hydrogens is 419 g/mol. The zero-order valence-electron chi connectivity index (χ0n) is 18.3. The summed E-state index contributed by atoms with van der Waals surface area (Å²) in [5.74, 6) is -0.0331. The summed E-state index contributed by atoms with van der Waals surface area (Å²) in [6, 6.07) is 11.4. The number of sulfonamides is 1. The fourth-order valence-electron chi connectivity index (χ4n) is 3.86. The number of ether oxygens (including phenoxy) is 1. The first kappa shape index (κ1) is 23.1. The fraction of sp³-hybridized carbons (Fsp3) is 0.435. The number of hydrogen-bond acceptors (Lipinski definition) is 4. The third-order valence-electron chi connectivity index (χ3n) is 5.25. The monoisotopic (exact) mass is 448 g/mol. The topological polar surface area (TPSA) is 75.7 Å². The van der Waals surface area contributed by atoms with Crippen molar-refractivity contribution >= 4 is 21.6 Å². The van der Waals surface area contributed by atoms with E-state index >= 15 is 0 Å². The normalized spacial score (nSPS) is 17.4. The molecule has 1 N–H and O–H groups in total. The molecule has 0 saturated heterocycles. The lowest BCUT2D eigenvalue weighted by Gasteiger charge is -2.38. The van der Waals surface area contributed by atoms with Gasteiger partial charge in [-0.05, 0) is 51.0 Å². The Hall–Kier alpha value is -2.61. The summed E-state index contributed by atoms with van der Waals surface area (Å²) in [5, 5.41) is 3.05. The molecule has 1 amide bonds. The second-order valence-corrected chi connectivity index (χ2v) is 10.5. The number of nitrogens with one attached hydrogen (secondary N) is 1. The Kier molecular flexibility index (Phi) is 6.59. The number of nitrogens with zero attached hydrogens (tertiary/aromatic N) is 1. The van der Waals surface area contributed by atoms with E-state index in [9.17, 15) is 17.6 Å². The van der Waals surface area contributed by atoms with Gasteiger partial charge in [0, 0.05) is 24.9 Å². The van der Waals surface area contributed by atoms with Crippen LogP contribution in [0.25, 0.3) is 0 Å². The van der Waals surface area contributed by atoms with Crippen LogP contribution in [0.1, 0.15) is 50.3 Å². The Balaban J connectivity index is 1.66. The van der Waals surface area contributed by atoms with Crippen molar-refractivity contribution in [3.8, 4) is 5.75 Å². The van der Waals surface area contributed by atoms with Gasteiger partial charge in [-0.15, -0.1) is 0 Å². The summed E-state index contributed by atoms with van der Waals surface area (Å²) < 4.78 is 45.5. The van der Waals surface area contributed by atoms with Crippen LogP contribution in [0.5, 0.6) is 5.75 Å². The highest BCUT2D eigenvalue weighted by molar-refractivity contribution is 7.92. The molecule has 1 aliphatic rings. The zero-order chi connectivity index (χ0) is 22.8. The number of para-hydroxylation sites is 1. The quantitative estimate of drug-likeness (QED) is 0.692. The average Bonchev–Trinajstić information content (AvgIpc) is 2.64. The van der Waals surface area contributed by atoms with Gasteiger partial charge in [-0.25, -0.2) is 12.8 Å². The largest absolute Gasteiger partial charge is 0.487 e. The van der Waals surface area contributed by atoms with Crippen LogP contribution in [0.3, 0.4) is 0 Å². The van der Waals surface area contributed by atoms with Gasteiger partial charge in [0.15, 0.2) is 0 Å². The van der Waals surface area contributed by atoms with Gasteiger partial charge in [0.05, 0.1) is 18.0 Å². The van der Waals surface area contributed by atoms with Gasteiger partial charge in [-0.3, -0.25) is 9.10 Å². The van der Waals surface area contributed by atoms with E-state index in [0.717, 1.165) is 27.4 Å². The van der Waals surface area contributed by atoms with Crippen molar-refractivity contribution < 1.29 is 22.3 Å². The predicted molar refractivity (Wildman–Crippen MR) is 119 cm³/mol. The zero-order valence-corrected chi connectivity index (χ0v) is 19.1. The maximum atomic E-state index is 14.1. The van der Waals surface area contributed by atoms with Crippen LogP contribution in [-0.2, 0) is 14.8 Å². The van der Waals surface area contributed by atoms with Crippen LogP contribution in [-0.4, -0.2) is 32.7 Å². The minimum absolute atomic E-state index is 0.0131. The van der Waals surface area contributed by atoms with Gasteiger partial charge in [0.2, 0.25) is 15.9 Å². The third-order valence-corrected chi connectivity index (χ3v) is 6.43. The lowest BCUT2D eigenvalue weighted by atomic mass is 9.89. The van der Waals surface area contributed by atoms with E-state index in [1.54, 1.807) is 6.07 Å². The van der Waals surface area contributed by atoms with Crippen molar-refractivity contribution in [2.45, 2.75) is 51.7 Å². The molecule has 2 aromatic carbocycles. The van der Waals surface area contributed by atoms with Crippen LogP contribution >= 0.6 is 0 Å². The molecule has 1 heterocycles. The van der Waals surface area contributed by atoms with Gasteiger partial charge in [0.25, 0.3) is 0 Å². The molecule has 3 rings (SSSR count). The van der Waals surface area contributed by atoms with Crippen molar-refractivity contribution in [3.05, 3.63) is 59.4 Å². The average molecular weight is 449 g/mol. The molecule has 1 atom stereocenters. The molecule has 0 spiro atoms. The van der Waals surface area contributed by atoms with Gasteiger partial charge < -0.3 is 10.1 Å². The second-order valence-electron chi connectivity index (χ2n) is 8.62. The van der Waals surface area contributed by atoms with Crippen molar-refractivity contribution in [3.63, 3.8) is 0 Å². The van der Waals surface area contributed by atoms with Crippen LogP contribution < -0.4 is 14.4 Å². The predicted octanol–water partition coefficient (Wildman–Crippen LogP) is 4.10. The lowest BCUT2D eigenvalue weighted by molar-refractivity contribution is -0.122. The molecule has 0 saturated carbocycles. The molecule has 1 aliphatic heterocycles. The number of amides is 1. The molecular formula is C23H29FN2O4S. The summed E-state index contributed by atoms with van der Waals surface area (Å²) in [6.45, 7) is 5.97. The number of carbonyl (C=O) groups excluding carboxylic acids is 1. The Morgan fingerprint density at radius 1 is 1.26 bits per heavy atom. The standard InChI is InChI=1S/C23H29FN2O4S/c1-16-11-12-17-19(15-23(2,3)30-21(17)14-16)25-22(27)10-7-13-26(31(4,28)29)20-9-6-5-8-18(20)24/h5-6,8-9,11-12,14,19H,7,10,13,15H2,1-4H3,(H,25,27)/t19-/m1/s1. The van der Waals surface area contributed by atoms with Gasteiger partial charge >= 0.3 is 0 Å². The first-order valence-corrected chi connectivity index (χ1v) is 12.1.